The number of ether oxygens (including phenoxy) is 3. The lowest BCUT2D eigenvalue weighted by atomic mass is 10.2. The number of nitrogens with zero attached hydrogens (tertiary/aromatic N) is 3. The number of nitrogens with one attached hydrogen (secondary N) is 1. The molecule has 8 heteroatoms. The minimum atomic E-state index is 0.412. The molecule has 0 aliphatic heterocycles. The van der Waals surface area contributed by atoms with Crippen LogP contribution in [-0.2, 0) is 4.74 Å². The number of fused-ring (bicyclic) bond motifs is 3. The van der Waals surface area contributed by atoms with Crippen LogP contribution in [0.2, 0.25) is 5.02 Å². The van der Waals surface area contributed by atoms with E-state index in [9.17, 15) is 0 Å². The van der Waals surface area contributed by atoms with Gasteiger partial charge in [0.25, 0.3) is 0 Å². The Morgan fingerprint density at radius 1 is 1.10 bits per heavy atom. The zero-order chi connectivity index (χ0) is 20.4. The Morgan fingerprint density at radius 3 is 2.72 bits per heavy atom. The quantitative estimate of drug-likeness (QED) is 0.446. The predicted molar refractivity (Wildman–Crippen MR) is 114 cm³/mol. The highest BCUT2D eigenvalue weighted by molar-refractivity contribution is 6.33. The van der Waals surface area contributed by atoms with Crippen LogP contribution in [0.3, 0.4) is 0 Å². The van der Waals surface area contributed by atoms with Crippen LogP contribution in [0, 0.1) is 6.92 Å². The van der Waals surface area contributed by atoms with Crippen molar-refractivity contribution in [2.75, 3.05) is 32.8 Å². The molecule has 4 rings (SSSR count). The van der Waals surface area contributed by atoms with Gasteiger partial charge in [0.15, 0.2) is 17.3 Å². The van der Waals surface area contributed by atoms with Gasteiger partial charge in [0.1, 0.15) is 12.1 Å². The molecule has 0 spiro atoms. The Morgan fingerprint density at radius 2 is 1.97 bits per heavy atom. The van der Waals surface area contributed by atoms with Gasteiger partial charge in [0.05, 0.1) is 48.0 Å². The third-order valence-electron chi connectivity index (χ3n) is 4.64. The van der Waals surface area contributed by atoms with Gasteiger partial charge in [0.2, 0.25) is 0 Å². The first-order chi connectivity index (χ1) is 14.1. The summed E-state index contributed by atoms with van der Waals surface area (Å²) in [4.78, 5) is 9.12. The first-order valence-electron chi connectivity index (χ1n) is 9.10. The Hall–Kier alpha value is -3.03. The van der Waals surface area contributed by atoms with E-state index < -0.39 is 0 Å². The molecule has 150 valence electrons. The fourth-order valence-electron chi connectivity index (χ4n) is 3.17. The summed E-state index contributed by atoms with van der Waals surface area (Å²) in [6, 6.07) is 9.51. The van der Waals surface area contributed by atoms with Crippen molar-refractivity contribution < 1.29 is 14.2 Å². The topological polar surface area (TPSA) is 69.9 Å². The Bertz CT molecular complexity index is 1160. The molecule has 1 N–H and O–H groups in total. The molecule has 4 aromatic rings. The van der Waals surface area contributed by atoms with Crippen LogP contribution in [-0.4, -0.2) is 41.8 Å². The van der Waals surface area contributed by atoms with Gasteiger partial charge in [-0.05, 0) is 18.6 Å². The van der Waals surface area contributed by atoms with E-state index in [0.29, 0.717) is 35.6 Å². The summed E-state index contributed by atoms with van der Waals surface area (Å²) >= 11 is 6.40. The predicted octanol–water partition coefficient (Wildman–Crippen LogP) is 4.62. The molecule has 0 aliphatic carbocycles. The van der Waals surface area contributed by atoms with Crippen LogP contribution >= 0.6 is 11.6 Å². The van der Waals surface area contributed by atoms with E-state index in [1.807, 2.05) is 41.7 Å². The first-order valence-corrected chi connectivity index (χ1v) is 9.48. The zero-order valence-electron chi connectivity index (χ0n) is 16.4. The van der Waals surface area contributed by atoms with Crippen molar-refractivity contribution >= 4 is 39.7 Å². The molecular weight excluding hydrogens is 392 g/mol. The Labute approximate surface area is 173 Å². The molecule has 7 nitrogen and oxygen atoms in total. The number of hydrogen-bond donors (Lipinski definition) is 1. The smallest absolute Gasteiger partial charge is 0.163 e. The van der Waals surface area contributed by atoms with Crippen molar-refractivity contribution in [2.45, 2.75) is 6.92 Å². The molecule has 0 aliphatic rings. The molecule has 0 atom stereocenters. The second-order valence-corrected chi connectivity index (χ2v) is 6.91. The van der Waals surface area contributed by atoms with Gasteiger partial charge in [-0.2, -0.15) is 0 Å². The Balaban J connectivity index is 1.85. The fraction of sp³-hybridized carbons (Fsp3) is 0.238. The van der Waals surface area contributed by atoms with Gasteiger partial charge < -0.3 is 19.5 Å². The average Bonchev–Trinajstić information content (AvgIpc) is 3.21. The minimum absolute atomic E-state index is 0.412. The molecule has 2 aromatic heterocycles. The number of imidazole rings is 1. The first kappa shape index (κ1) is 19.3. The second-order valence-electron chi connectivity index (χ2n) is 6.50. The molecule has 0 unspecified atom stereocenters. The number of methoxy groups -OCH3 is 2. The molecule has 0 saturated carbocycles. The number of aromatic nitrogens is 3. The van der Waals surface area contributed by atoms with Gasteiger partial charge in [-0.15, -0.1) is 0 Å². The third-order valence-corrected chi connectivity index (χ3v) is 4.96. The molecule has 2 aromatic carbocycles. The van der Waals surface area contributed by atoms with E-state index in [1.165, 1.54) is 0 Å². The average molecular weight is 413 g/mol. The number of hydrogen-bond acceptors (Lipinski definition) is 6. The van der Waals surface area contributed by atoms with Gasteiger partial charge >= 0.3 is 0 Å². The van der Waals surface area contributed by atoms with E-state index in [4.69, 9.17) is 30.8 Å². The summed E-state index contributed by atoms with van der Waals surface area (Å²) in [5, 5.41) is 3.99. The molecule has 0 fully saturated rings. The highest BCUT2D eigenvalue weighted by Gasteiger charge is 2.15. The summed E-state index contributed by atoms with van der Waals surface area (Å²) in [6.45, 7) is 2.89. The standard InChI is InChI=1S/C21H21ClN4O3/c1-13-5-4-6-14(22)20(13)25-21-17-11-23-12-26(17)16-10-18(28-3)19(9-15(16)24-21)29-8-7-27-2/h4-6,9-12H,7-8H2,1-3H3,(H,24,25). The van der Waals surface area contributed by atoms with Crippen LogP contribution in [0.25, 0.3) is 16.6 Å². The minimum Gasteiger partial charge on any atom is -0.493 e. The lowest BCUT2D eigenvalue weighted by Gasteiger charge is -2.15. The normalized spacial score (nSPS) is 11.2. The zero-order valence-corrected chi connectivity index (χ0v) is 17.2. The number of aryl methyl sites for hydroxylation is 1. The summed E-state index contributed by atoms with van der Waals surface area (Å²) < 4.78 is 18.3. The molecule has 0 bridgehead atoms. The maximum Gasteiger partial charge on any atom is 0.163 e. The SMILES string of the molecule is COCCOc1cc2nc(Nc3c(C)cccc3Cl)c3cncn3c2cc1OC. The van der Waals surface area contributed by atoms with Gasteiger partial charge in [-0.25, -0.2) is 9.97 Å². The van der Waals surface area contributed by atoms with Gasteiger partial charge in [0, 0.05) is 19.2 Å². The molecule has 29 heavy (non-hydrogen) atoms. The molecular formula is C21H21ClN4O3. The van der Waals surface area contributed by atoms with Crippen LogP contribution in [0.5, 0.6) is 11.5 Å². The lowest BCUT2D eigenvalue weighted by molar-refractivity contribution is 0.144. The van der Waals surface area contributed by atoms with Gasteiger partial charge in [-0.1, -0.05) is 23.7 Å². The van der Waals surface area contributed by atoms with E-state index in [2.05, 4.69) is 10.3 Å². The molecule has 0 radical (unpaired) electrons. The maximum atomic E-state index is 6.40. The van der Waals surface area contributed by atoms with Crippen LogP contribution in [0.1, 0.15) is 5.56 Å². The number of rotatable bonds is 7. The highest BCUT2D eigenvalue weighted by atomic mass is 35.5. The molecule has 0 saturated heterocycles. The monoisotopic (exact) mass is 412 g/mol. The maximum absolute atomic E-state index is 6.40. The van der Waals surface area contributed by atoms with E-state index in [0.717, 1.165) is 27.8 Å². The molecule has 0 amide bonds. The number of para-hydroxylation sites is 1. The summed E-state index contributed by atoms with van der Waals surface area (Å²) in [5.41, 5.74) is 4.25. The Kier molecular flexibility index (Phi) is 5.42. The summed E-state index contributed by atoms with van der Waals surface area (Å²) in [7, 11) is 3.24. The number of anilines is 2. The van der Waals surface area contributed by atoms with Crippen molar-refractivity contribution in [2.24, 2.45) is 0 Å². The summed E-state index contributed by atoms with van der Waals surface area (Å²) in [6.07, 6.45) is 3.51. The fourth-order valence-corrected chi connectivity index (χ4v) is 3.44. The van der Waals surface area contributed by atoms with E-state index in [1.54, 1.807) is 26.7 Å². The largest absolute Gasteiger partial charge is 0.493 e. The number of benzene rings is 2. The van der Waals surface area contributed by atoms with E-state index >= 15 is 0 Å². The van der Waals surface area contributed by atoms with Crippen LogP contribution < -0.4 is 14.8 Å². The van der Waals surface area contributed by atoms with Crippen LogP contribution in [0.15, 0.2) is 42.9 Å². The van der Waals surface area contributed by atoms with Crippen molar-refractivity contribution in [3.05, 3.63) is 53.4 Å². The van der Waals surface area contributed by atoms with Crippen molar-refractivity contribution in [3.63, 3.8) is 0 Å². The summed E-state index contributed by atoms with van der Waals surface area (Å²) in [5.74, 6) is 1.87. The van der Waals surface area contributed by atoms with E-state index in [-0.39, 0.29) is 0 Å². The molecule has 2 heterocycles. The van der Waals surface area contributed by atoms with Crippen molar-refractivity contribution in [1.82, 2.24) is 14.4 Å². The van der Waals surface area contributed by atoms with Crippen molar-refractivity contribution in [3.8, 4) is 11.5 Å². The second kappa shape index (κ2) is 8.14. The van der Waals surface area contributed by atoms with Crippen molar-refractivity contribution in [1.29, 1.82) is 0 Å². The highest BCUT2D eigenvalue weighted by Crippen LogP contribution is 2.35. The van der Waals surface area contributed by atoms with Crippen LogP contribution in [0.4, 0.5) is 11.5 Å². The number of halogens is 1. The lowest BCUT2D eigenvalue weighted by Crippen LogP contribution is -2.06. The third kappa shape index (κ3) is 3.66. The van der Waals surface area contributed by atoms with Gasteiger partial charge in [-0.3, -0.25) is 4.40 Å².